The second-order valence-electron chi connectivity index (χ2n) is 4.81. The van der Waals surface area contributed by atoms with Crippen molar-refractivity contribution in [3.8, 4) is 0 Å². The predicted octanol–water partition coefficient (Wildman–Crippen LogP) is 3.17. The molecule has 2 aromatic heterocycles. The Hall–Kier alpha value is -1.86. The molecule has 0 aliphatic carbocycles. The third-order valence-corrected chi connectivity index (χ3v) is 3.54. The lowest BCUT2D eigenvalue weighted by molar-refractivity contribution is -0.138. The van der Waals surface area contributed by atoms with Crippen molar-refractivity contribution in [1.29, 1.82) is 0 Å². The zero-order chi connectivity index (χ0) is 15.8. The van der Waals surface area contributed by atoms with Gasteiger partial charge in [0.25, 0.3) is 0 Å². The molecule has 0 spiro atoms. The first-order valence-electron chi connectivity index (χ1n) is 6.31. The third-order valence-electron chi connectivity index (χ3n) is 3.54. The van der Waals surface area contributed by atoms with Gasteiger partial charge >= 0.3 is 6.18 Å². The molecule has 0 saturated carbocycles. The van der Waals surface area contributed by atoms with Crippen LogP contribution >= 0.6 is 0 Å². The van der Waals surface area contributed by atoms with E-state index in [2.05, 4.69) is 10.4 Å². The van der Waals surface area contributed by atoms with Crippen LogP contribution in [0.5, 0.6) is 0 Å². The molecule has 3 N–H and O–H groups in total. The Kier molecular flexibility index (Phi) is 4.06. The first-order valence-corrected chi connectivity index (χ1v) is 6.31. The van der Waals surface area contributed by atoms with E-state index in [4.69, 9.17) is 10.3 Å². The number of alkyl halides is 3. The molecule has 114 valence electrons. The van der Waals surface area contributed by atoms with Crippen molar-refractivity contribution >= 4 is 0 Å². The molecule has 1 unspecified atom stereocenters. The Morgan fingerprint density at radius 1 is 1.24 bits per heavy atom. The highest BCUT2D eigenvalue weighted by atomic mass is 19.4. The molecular weight excluding hydrogens is 283 g/mol. The van der Waals surface area contributed by atoms with Gasteiger partial charge in [0.1, 0.15) is 11.5 Å². The van der Waals surface area contributed by atoms with Gasteiger partial charge in [-0.15, -0.1) is 0 Å². The van der Waals surface area contributed by atoms with Crippen molar-refractivity contribution in [3.05, 3.63) is 52.2 Å². The summed E-state index contributed by atoms with van der Waals surface area (Å²) in [4.78, 5) is 3.79. The molecule has 0 amide bonds. The highest BCUT2D eigenvalue weighted by Gasteiger charge is 2.36. The summed E-state index contributed by atoms with van der Waals surface area (Å²) in [5, 5.41) is 0. The van der Waals surface area contributed by atoms with Crippen LogP contribution in [0, 0.1) is 20.8 Å². The van der Waals surface area contributed by atoms with Gasteiger partial charge in [-0.3, -0.25) is 10.8 Å². The summed E-state index contributed by atoms with van der Waals surface area (Å²) in [6.45, 7) is 5.24. The van der Waals surface area contributed by atoms with E-state index >= 15 is 0 Å². The van der Waals surface area contributed by atoms with Crippen LogP contribution in [0.4, 0.5) is 13.2 Å². The number of nitrogens with zero attached hydrogens (tertiary/aromatic N) is 1. The minimum atomic E-state index is -4.48. The predicted molar refractivity (Wildman–Crippen MR) is 71.3 cm³/mol. The van der Waals surface area contributed by atoms with Crippen molar-refractivity contribution in [1.82, 2.24) is 10.4 Å². The third kappa shape index (κ3) is 2.79. The summed E-state index contributed by atoms with van der Waals surface area (Å²) in [6, 6.07) is 0.102. The fraction of sp³-hybridized carbons (Fsp3) is 0.357. The number of furan rings is 1. The van der Waals surface area contributed by atoms with Crippen molar-refractivity contribution in [3.63, 3.8) is 0 Å². The quantitative estimate of drug-likeness (QED) is 0.675. The molecule has 0 bridgehead atoms. The van der Waals surface area contributed by atoms with Gasteiger partial charge in [0, 0.05) is 23.5 Å². The molecule has 21 heavy (non-hydrogen) atoms. The highest BCUT2D eigenvalue weighted by Crippen LogP contribution is 2.38. The maximum Gasteiger partial charge on any atom is 0.416 e. The van der Waals surface area contributed by atoms with Crippen molar-refractivity contribution in [2.45, 2.75) is 33.0 Å². The van der Waals surface area contributed by atoms with E-state index in [9.17, 15) is 13.2 Å². The maximum absolute atomic E-state index is 13.1. The first kappa shape index (κ1) is 15.5. The Labute approximate surface area is 120 Å². The lowest BCUT2D eigenvalue weighted by Crippen LogP contribution is -2.31. The van der Waals surface area contributed by atoms with Crippen molar-refractivity contribution in [2.75, 3.05) is 0 Å². The Bertz CT molecular complexity index is 649. The SMILES string of the molecule is Cc1oc(C)c(C(NN)c2cnccc2C(F)(F)F)c1C. The number of hydrazine groups is 1. The van der Waals surface area contributed by atoms with Crippen LogP contribution in [0.3, 0.4) is 0 Å². The number of halogens is 3. The van der Waals surface area contributed by atoms with Gasteiger partial charge in [0.15, 0.2) is 0 Å². The van der Waals surface area contributed by atoms with E-state index in [1.165, 1.54) is 6.20 Å². The van der Waals surface area contributed by atoms with Gasteiger partial charge in [0.05, 0.1) is 11.6 Å². The second-order valence-corrected chi connectivity index (χ2v) is 4.81. The average Bonchev–Trinajstić information content (AvgIpc) is 2.66. The summed E-state index contributed by atoms with van der Waals surface area (Å²) < 4.78 is 44.9. The summed E-state index contributed by atoms with van der Waals surface area (Å²) in [5.41, 5.74) is 3.02. The Morgan fingerprint density at radius 2 is 1.90 bits per heavy atom. The molecule has 0 fully saturated rings. The summed E-state index contributed by atoms with van der Waals surface area (Å²) in [5.74, 6) is 6.69. The number of nitrogens with two attached hydrogens (primary N) is 1. The molecule has 0 aromatic carbocycles. The molecule has 2 aromatic rings. The molecule has 0 aliphatic rings. The fourth-order valence-corrected chi connectivity index (χ4v) is 2.46. The lowest BCUT2D eigenvalue weighted by atomic mass is 9.93. The monoisotopic (exact) mass is 299 g/mol. The highest BCUT2D eigenvalue weighted by molar-refractivity contribution is 5.43. The molecule has 7 heteroatoms. The molecule has 2 rings (SSSR count). The zero-order valence-electron chi connectivity index (χ0n) is 11.9. The summed E-state index contributed by atoms with van der Waals surface area (Å²) >= 11 is 0. The van der Waals surface area contributed by atoms with E-state index in [0.29, 0.717) is 17.1 Å². The minimum Gasteiger partial charge on any atom is -0.466 e. The van der Waals surface area contributed by atoms with Crippen LogP contribution in [0.25, 0.3) is 0 Å². The summed E-state index contributed by atoms with van der Waals surface area (Å²) in [6.07, 6.45) is -2.19. The number of rotatable bonds is 3. The minimum absolute atomic E-state index is 0.0282. The van der Waals surface area contributed by atoms with E-state index in [0.717, 1.165) is 17.8 Å². The van der Waals surface area contributed by atoms with Gasteiger partial charge in [-0.1, -0.05) is 0 Å². The van der Waals surface area contributed by atoms with Crippen LogP contribution in [-0.2, 0) is 6.18 Å². The van der Waals surface area contributed by atoms with Crippen LogP contribution in [0.2, 0.25) is 0 Å². The zero-order valence-corrected chi connectivity index (χ0v) is 11.9. The van der Waals surface area contributed by atoms with Crippen LogP contribution in [-0.4, -0.2) is 4.98 Å². The molecule has 0 radical (unpaired) electrons. The van der Waals surface area contributed by atoms with Crippen molar-refractivity contribution in [2.24, 2.45) is 5.84 Å². The molecule has 0 aliphatic heterocycles. The number of pyridine rings is 1. The molecule has 2 heterocycles. The molecule has 4 nitrogen and oxygen atoms in total. The van der Waals surface area contributed by atoms with Gasteiger partial charge in [-0.2, -0.15) is 13.2 Å². The van der Waals surface area contributed by atoms with E-state index < -0.39 is 17.8 Å². The summed E-state index contributed by atoms with van der Waals surface area (Å²) in [7, 11) is 0. The fourth-order valence-electron chi connectivity index (χ4n) is 2.46. The first-order chi connectivity index (χ1) is 9.77. The van der Waals surface area contributed by atoms with Gasteiger partial charge in [-0.05, 0) is 32.4 Å². The largest absolute Gasteiger partial charge is 0.466 e. The van der Waals surface area contributed by atoms with Gasteiger partial charge in [-0.25, -0.2) is 5.43 Å². The maximum atomic E-state index is 13.1. The van der Waals surface area contributed by atoms with E-state index in [1.807, 2.05) is 0 Å². The van der Waals surface area contributed by atoms with Gasteiger partial charge < -0.3 is 4.42 Å². The number of nitrogens with one attached hydrogen (secondary N) is 1. The Balaban J connectivity index is 2.63. The smallest absolute Gasteiger partial charge is 0.416 e. The molecular formula is C14H16F3N3O. The number of hydrogen-bond donors (Lipinski definition) is 2. The van der Waals surface area contributed by atoms with Gasteiger partial charge in [0.2, 0.25) is 0 Å². The standard InChI is InChI=1S/C14H16F3N3O/c1-7-8(2)21-9(3)12(7)13(20-18)10-6-19-5-4-11(10)14(15,16)17/h4-6,13,20H,18H2,1-3H3. The number of hydrogen-bond acceptors (Lipinski definition) is 4. The lowest BCUT2D eigenvalue weighted by Gasteiger charge is -2.21. The second kappa shape index (κ2) is 5.50. The topological polar surface area (TPSA) is 64.1 Å². The van der Waals surface area contributed by atoms with Crippen molar-refractivity contribution < 1.29 is 17.6 Å². The Morgan fingerprint density at radius 3 is 2.38 bits per heavy atom. The van der Waals surface area contributed by atoms with E-state index in [1.54, 1.807) is 20.8 Å². The van der Waals surface area contributed by atoms with Crippen LogP contribution in [0.1, 0.15) is 39.8 Å². The normalized spacial score (nSPS) is 13.5. The molecule has 1 atom stereocenters. The van der Waals surface area contributed by atoms with Crippen LogP contribution < -0.4 is 11.3 Å². The average molecular weight is 299 g/mol. The molecule has 0 saturated heterocycles. The number of aryl methyl sites for hydroxylation is 2. The number of aromatic nitrogens is 1. The van der Waals surface area contributed by atoms with E-state index in [-0.39, 0.29) is 5.56 Å². The van der Waals surface area contributed by atoms with Crippen LogP contribution in [0.15, 0.2) is 22.9 Å².